The van der Waals surface area contributed by atoms with Crippen LogP contribution in [0.5, 0.6) is 0 Å². The Labute approximate surface area is 345 Å². The number of fused-ring (bicyclic) bond motifs is 2. The summed E-state index contributed by atoms with van der Waals surface area (Å²) in [6.07, 6.45) is 6.97. The van der Waals surface area contributed by atoms with Crippen molar-refractivity contribution in [1.29, 1.82) is 0 Å². The van der Waals surface area contributed by atoms with Gasteiger partial charge in [-0.2, -0.15) is 5.10 Å². The summed E-state index contributed by atoms with van der Waals surface area (Å²) in [7, 11) is -0.709. The molecule has 1 atom stereocenters. The lowest BCUT2D eigenvalue weighted by Crippen LogP contribution is -2.40. The Kier molecular flexibility index (Phi) is 10.8. The van der Waals surface area contributed by atoms with Gasteiger partial charge in [-0.25, -0.2) is 13.9 Å². The van der Waals surface area contributed by atoms with Crippen molar-refractivity contribution in [3.63, 3.8) is 0 Å². The van der Waals surface area contributed by atoms with E-state index in [2.05, 4.69) is 23.5 Å². The zero-order chi connectivity index (χ0) is 41.9. The van der Waals surface area contributed by atoms with E-state index >= 15 is 4.39 Å². The molecular weight excluding hydrogens is 765 g/mol. The van der Waals surface area contributed by atoms with E-state index in [4.69, 9.17) is 9.84 Å². The minimum Gasteiger partial charge on any atom is -0.382 e. The molecule has 0 unspecified atom stereocenters. The van der Waals surface area contributed by atoms with Crippen LogP contribution >= 0.6 is 7.14 Å². The number of hydrogen-bond acceptors (Lipinski definition) is 6. The van der Waals surface area contributed by atoms with E-state index in [-0.39, 0.29) is 23.5 Å². The predicted octanol–water partition coefficient (Wildman–Crippen LogP) is 8.56. The second-order valence-corrected chi connectivity index (χ2v) is 20.1. The molecule has 2 aliphatic rings. The fraction of sp³-hybridized carbons (Fsp3) is 0.413. The Morgan fingerprint density at radius 3 is 2.34 bits per heavy atom. The fourth-order valence-corrected chi connectivity index (χ4v) is 11.2. The zero-order valence-electron chi connectivity index (χ0n) is 35.4. The normalized spacial score (nSPS) is 16.3. The minimum absolute atomic E-state index is 0.0756. The number of rotatable bonds is 10. The number of ether oxygens (including phenoxy) is 1. The molecule has 11 nitrogen and oxygen atoms in total. The summed E-state index contributed by atoms with van der Waals surface area (Å²) in [4.78, 5) is 31.3. The molecule has 0 bridgehead atoms. The molecule has 310 valence electrons. The van der Waals surface area contributed by atoms with Gasteiger partial charge in [0.05, 0.1) is 23.1 Å². The Balaban J connectivity index is 1.23. The summed E-state index contributed by atoms with van der Waals surface area (Å²) < 4.78 is 41.4. The zero-order valence-corrected chi connectivity index (χ0v) is 36.3. The van der Waals surface area contributed by atoms with Crippen molar-refractivity contribution in [2.45, 2.75) is 85.7 Å². The molecule has 59 heavy (non-hydrogen) atoms. The molecular formula is C46H55FN7O4P. The van der Waals surface area contributed by atoms with Crippen LogP contribution in [0.1, 0.15) is 97.9 Å². The summed E-state index contributed by atoms with van der Waals surface area (Å²) in [6, 6.07) is 17.2. The van der Waals surface area contributed by atoms with Crippen molar-refractivity contribution in [2.24, 2.45) is 7.05 Å². The second-order valence-electron chi connectivity index (χ2n) is 16.6. The standard InChI is InChI=1S/C46H55FN7O4P/c1-9-59(57,10-2)41-14-12-35(27-38(41)48-28(3)4)52-19-20-53(46(52)56)44-42-31(7)51(18-15-37(42)49-54(44)36-23-29(5)43(47)30(6)24-36)45(55)40-26-34-25-33(11-13-39(34)50(40)8)32-16-21-58-22-17-32/h11-14,19-20,23-28,31-32,48H,9-10,15-18,21-22H2,1-8H3/t31-/m0/s1. The van der Waals surface area contributed by atoms with Gasteiger partial charge in [0.1, 0.15) is 24.5 Å². The molecule has 2 aliphatic heterocycles. The third-order valence-corrected chi connectivity index (χ3v) is 15.8. The molecule has 8 rings (SSSR count). The lowest BCUT2D eigenvalue weighted by molar-refractivity contribution is 0.0667. The Morgan fingerprint density at radius 2 is 1.66 bits per heavy atom. The molecule has 3 aromatic carbocycles. The predicted molar refractivity (Wildman–Crippen MR) is 234 cm³/mol. The van der Waals surface area contributed by atoms with Crippen molar-refractivity contribution in [1.82, 2.24) is 28.4 Å². The Hall–Kier alpha value is -5.19. The third-order valence-electron chi connectivity index (χ3n) is 12.5. The minimum atomic E-state index is -2.65. The molecule has 0 saturated carbocycles. The van der Waals surface area contributed by atoms with E-state index in [1.54, 1.807) is 52.2 Å². The maximum Gasteiger partial charge on any atom is 0.338 e. The first-order chi connectivity index (χ1) is 28.2. The first-order valence-electron chi connectivity index (χ1n) is 20.9. The number of carbonyl (C=O) groups is 1. The van der Waals surface area contributed by atoms with Crippen LogP contribution < -0.4 is 16.3 Å². The van der Waals surface area contributed by atoms with Gasteiger partial charge >= 0.3 is 5.69 Å². The summed E-state index contributed by atoms with van der Waals surface area (Å²) in [5, 5.41) is 10.4. The second kappa shape index (κ2) is 15.8. The van der Waals surface area contributed by atoms with Crippen LogP contribution in [0.4, 0.5) is 10.1 Å². The van der Waals surface area contributed by atoms with Crippen molar-refractivity contribution in [2.75, 3.05) is 37.4 Å². The highest BCUT2D eigenvalue weighted by atomic mass is 31.2. The first kappa shape index (κ1) is 40.6. The van der Waals surface area contributed by atoms with E-state index in [0.29, 0.717) is 65.2 Å². The average Bonchev–Trinajstić information content (AvgIpc) is 3.91. The molecule has 5 heterocycles. The quantitative estimate of drug-likeness (QED) is 0.139. The average molecular weight is 820 g/mol. The van der Waals surface area contributed by atoms with Gasteiger partial charge < -0.3 is 24.1 Å². The van der Waals surface area contributed by atoms with Crippen molar-refractivity contribution in [3.05, 3.63) is 117 Å². The van der Waals surface area contributed by atoms with E-state index in [1.807, 2.05) is 75.4 Å². The Morgan fingerprint density at radius 1 is 0.966 bits per heavy atom. The van der Waals surface area contributed by atoms with Gasteiger partial charge in [-0.1, -0.05) is 19.9 Å². The molecule has 0 radical (unpaired) electrons. The fourth-order valence-electron chi connectivity index (χ4n) is 9.15. The number of benzene rings is 3. The summed E-state index contributed by atoms with van der Waals surface area (Å²) in [6.45, 7) is 15.4. The van der Waals surface area contributed by atoms with Crippen molar-refractivity contribution >= 4 is 34.9 Å². The van der Waals surface area contributed by atoms with Crippen LogP contribution in [0.25, 0.3) is 28.1 Å². The number of nitrogens with zero attached hydrogens (tertiary/aromatic N) is 6. The molecule has 6 aromatic rings. The lowest BCUT2D eigenvalue weighted by Gasteiger charge is -2.33. The highest BCUT2D eigenvalue weighted by Crippen LogP contribution is 2.46. The number of amides is 1. The van der Waals surface area contributed by atoms with Crippen LogP contribution in [0.2, 0.25) is 0 Å². The van der Waals surface area contributed by atoms with E-state index in [0.717, 1.165) is 59.2 Å². The van der Waals surface area contributed by atoms with Gasteiger partial charge in [-0.05, 0) is 119 Å². The highest BCUT2D eigenvalue weighted by molar-refractivity contribution is 7.71. The van der Waals surface area contributed by atoms with Gasteiger partial charge in [0.2, 0.25) is 0 Å². The largest absolute Gasteiger partial charge is 0.382 e. The van der Waals surface area contributed by atoms with Gasteiger partial charge in [0, 0.05) is 91.4 Å². The monoisotopic (exact) mass is 819 g/mol. The topological polar surface area (TPSA) is 108 Å². The van der Waals surface area contributed by atoms with E-state index in [1.165, 1.54) is 5.56 Å². The number of aryl methyl sites for hydroxylation is 3. The molecule has 1 fully saturated rings. The number of hydrogen-bond donors (Lipinski definition) is 1. The van der Waals surface area contributed by atoms with Crippen LogP contribution in [0.3, 0.4) is 0 Å². The van der Waals surface area contributed by atoms with Gasteiger partial charge in [0.25, 0.3) is 5.91 Å². The van der Waals surface area contributed by atoms with Crippen molar-refractivity contribution < 1.29 is 18.5 Å². The summed E-state index contributed by atoms with van der Waals surface area (Å²) in [5.74, 6) is 0.540. The number of nitrogens with one attached hydrogen (secondary N) is 1. The molecule has 1 amide bonds. The number of halogens is 1. The SMILES string of the molecule is CCP(=O)(CC)c1ccc(-n2ccn(-c3c4c(nn3-c3cc(C)c(F)c(C)c3)CCN(C(=O)c3cc5cc(C6CCOCC6)ccc5n3C)[C@H]4C)c2=O)cc1NC(C)C. The van der Waals surface area contributed by atoms with Crippen LogP contribution in [-0.4, -0.2) is 72.4 Å². The van der Waals surface area contributed by atoms with Crippen LogP contribution in [0.15, 0.2) is 71.8 Å². The van der Waals surface area contributed by atoms with Gasteiger partial charge in [-0.3, -0.25) is 13.9 Å². The summed E-state index contributed by atoms with van der Waals surface area (Å²) >= 11 is 0. The molecule has 13 heteroatoms. The van der Waals surface area contributed by atoms with Gasteiger partial charge in [-0.15, -0.1) is 0 Å². The maximum atomic E-state index is 15.0. The first-order valence-corrected chi connectivity index (χ1v) is 23.0. The highest BCUT2D eigenvalue weighted by Gasteiger charge is 2.37. The maximum absolute atomic E-state index is 15.0. The molecule has 1 N–H and O–H groups in total. The number of anilines is 1. The van der Waals surface area contributed by atoms with Gasteiger partial charge in [0.15, 0.2) is 0 Å². The Bertz CT molecular complexity index is 2670. The number of imidazole rings is 1. The van der Waals surface area contributed by atoms with E-state index < -0.39 is 13.2 Å². The van der Waals surface area contributed by atoms with Crippen LogP contribution in [-0.2, 0) is 22.8 Å². The number of carbonyl (C=O) groups excluding carboxylic acids is 1. The molecule has 0 spiro atoms. The smallest absolute Gasteiger partial charge is 0.338 e. The lowest BCUT2D eigenvalue weighted by atomic mass is 9.91. The van der Waals surface area contributed by atoms with E-state index in [9.17, 15) is 14.2 Å². The number of aromatic nitrogens is 5. The molecule has 1 saturated heterocycles. The van der Waals surface area contributed by atoms with Crippen molar-refractivity contribution in [3.8, 4) is 17.2 Å². The molecule has 3 aromatic heterocycles. The van der Waals surface area contributed by atoms with Crippen LogP contribution in [0, 0.1) is 19.7 Å². The third kappa shape index (κ3) is 7.08. The summed E-state index contributed by atoms with van der Waals surface area (Å²) in [5.41, 5.74) is 6.96. The molecule has 0 aliphatic carbocycles.